The maximum absolute atomic E-state index is 12.0. The Morgan fingerprint density at radius 2 is 1.83 bits per heavy atom. The Hall–Kier alpha value is -2.27. The Morgan fingerprint density at radius 1 is 1.17 bits per heavy atom. The van der Waals surface area contributed by atoms with E-state index in [-0.39, 0.29) is 5.91 Å². The highest BCUT2D eigenvalue weighted by Gasteiger charge is 2.20. The molecular weight excluding hydrogens is 300 g/mol. The monoisotopic (exact) mass is 324 g/mol. The zero-order valence-corrected chi connectivity index (χ0v) is 14.1. The number of rotatable bonds is 5. The zero-order chi connectivity index (χ0) is 16.8. The highest BCUT2D eigenvalue weighted by molar-refractivity contribution is 5.93. The molecule has 0 saturated carbocycles. The second-order valence-electron chi connectivity index (χ2n) is 6.30. The normalized spacial score (nSPS) is 16.0. The SMILES string of the molecule is Cc1ncc(C(=O)NCCN2CCC(c3ccccc3)CC2)cn1. The summed E-state index contributed by atoms with van der Waals surface area (Å²) in [6.07, 6.45) is 5.51. The molecular formula is C19H24N4O. The molecule has 0 radical (unpaired) electrons. The Morgan fingerprint density at radius 3 is 2.50 bits per heavy atom. The van der Waals surface area contributed by atoms with Crippen LogP contribution in [-0.2, 0) is 0 Å². The van der Waals surface area contributed by atoms with Crippen LogP contribution in [0, 0.1) is 6.92 Å². The van der Waals surface area contributed by atoms with Gasteiger partial charge in [-0.3, -0.25) is 4.79 Å². The highest BCUT2D eigenvalue weighted by Crippen LogP contribution is 2.27. The van der Waals surface area contributed by atoms with Gasteiger partial charge in [0.15, 0.2) is 0 Å². The van der Waals surface area contributed by atoms with Gasteiger partial charge in [-0.05, 0) is 44.3 Å². The van der Waals surface area contributed by atoms with E-state index < -0.39 is 0 Å². The first-order valence-electron chi connectivity index (χ1n) is 8.56. The van der Waals surface area contributed by atoms with Crippen molar-refractivity contribution < 1.29 is 4.79 Å². The molecule has 1 aromatic carbocycles. The minimum Gasteiger partial charge on any atom is -0.351 e. The van der Waals surface area contributed by atoms with Gasteiger partial charge >= 0.3 is 0 Å². The Bertz CT molecular complexity index is 649. The molecule has 24 heavy (non-hydrogen) atoms. The number of carbonyl (C=O) groups excluding carboxylic acids is 1. The standard InChI is InChI=1S/C19H24N4O/c1-15-21-13-18(14-22-15)19(24)20-9-12-23-10-7-17(8-11-23)16-5-3-2-4-6-16/h2-6,13-14,17H,7-12H2,1H3,(H,20,24). The number of piperidine rings is 1. The van der Waals surface area contributed by atoms with Crippen molar-refractivity contribution in [2.75, 3.05) is 26.2 Å². The average molecular weight is 324 g/mol. The van der Waals surface area contributed by atoms with Crippen LogP contribution in [0.2, 0.25) is 0 Å². The lowest BCUT2D eigenvalue weighted by atomic mass is 9.89. The summed E-state index contributed by atoms with van der Waals surface area (Å²) in [5.41, 5.74) is 1.97. The molecule has 5 heteroatoms. The largest absolute Gasteiger partial charge is 0.351 e. The number of nitrogens with zero attached hydrogens (tertiary/aromatic N) is 3. The molecule has 1 fully saturated rings. The topological polar surface area (TPSA) is 58.1 Å². The molecule has 126 valence electrons. The Kier molecular flexibility index (Phi) is 5.54. The van der Waals surface area contributed by atoms with E-state index >= 15 is 0 Å². The number of amides is 1. The predicted octanol–water partition coefficient (Wildman–Crippen LogP) is 2.39. The third kappa shape index (κ3) is 4.38. The van der Waals surface area contributed by atoms with Crippen LogP contribution in [-0.4, -0.2) is 47.0 Å². The fourth-order valence-electron chi connectivity index (χ4n) is 3.15. The Balaban J connectivity index is 1.39. The van der Waals surface area contributed by atoms with Gasteiger partial charge in [-0.25, -0.2) is 9.97 Å². The molecule has 0 unspecified atom stereocenters. The molecule has 5 nitrogen and oxygen atoms in total. The van der Waals surface area contributed by atoms with Gasteiger partial charge in [0.2, 0.25) is 0 Å². The van der Waals surface area contributed by atoms with Crippen molar-refractivity contribution in [3.05, 3.63) is 59.7 Å². The third-order valence-corrected chi connectivity index (χ3v) is 4.62. The number of hydrogen-bond acceptors (Lipinski definition) is 4. The Labute approximate surface area is 143 Å². The van der Waals surface area contributed by atoms with E-state index in [1.54, 1.807) is 19.3 Å². The van der Waals surface area contributed by atoms with Crippen LogP contribution >= 0.6 is 0 Å². The van der Waals surface area contributed by atoms with Gasteiger partial charge in [-0.15, -0.1) is 0 Å². The van der Waals surface area contributed by atoms with Gasteiger partial charge in [-0.1, -0.05) is 30.3 Å². The van der Waals surface area contributed by atoms with Gasteiger partial charge in [-0.2, -0.15) is 0 Å². The van der Waals surface area contributed by atoms with E-state index in [4.69, 9.17) is 0 Å². The van der Waals surface area contributed by atoms with Crippen molar-refractivity contribution in [3.8, 4) is 0 Å². The van der Waals surface area contributed by atoms with Crippen molar-refractivity contribution in [1.29, 1.82) is 0 Å². The summed E-state index contributed by atoms with van der Waals surface area (Å²) in [7, 11) is 0. The molecule has 1 aliphatic rings. The fourth-order valence-corrected chi connectivity index (χ4v) is 3.15. The van der Waals surface area contributed by atoms with Gasteiger partial charge in [0.05, 0.1) is 5.56 Å². The van der Waals surface area contributed by atoms with Gasteiger partial charge in [0.1, 0.15) is 5.82 Å². The van der Waals surface area contributed by atoms with Crippen molar-refractivity contribution in [2.45, 2.75) is 25.7 Å². The first-order valence-corrected chi connectivity index (χ1v) is 8.56. The number of likely N-dealkylation sites (tertiary alicyclic amines) is 1. The van der Waals surface area contributed by atoms with E-state index in [0.29, 0.717) is 23.9 Å². The number of aryl methyl sites for hydroxylation is 1. The van der Waals surface area contributed by atoms with E-state index in [0.717, 1.165) is 19.6 Å². The molecule has 1 aliphatic heterocycles. The summed E-state index contributed by atoms with van der Waals surface area (Å²) >= 11 is 0. The fraction of sp³-hybridized carbons (Fsp3) is 0.421. The average Bonchev–Trinajstić information content (AvgIpc) is 2.63. The molecule has 0 aliphatic carbocycles. The van der Waals surface area contributed by atoms with Crippen molar-refractivity contribution in [2.24, 2.45) is 0 Å². The first-order chi connectivity index (χ1) is 11.7. The van der Waals surface area contributed by atoms with Gasteiger partial charge < -0.3 is 10.2 Å². The lowest BCUT2D eigenvalue weighted by Gasteiger charge is -2.32. The molecule has 0 atom stereocenters. The first kappa shape index (κ1) is 16.6. The smallest absolute Gasteiger partial charge is 0.254 e. The lowest BCUT2D eigenvalue weighted by molar-refractivity contribution is 0.0945. The number of benzene rings is 1. The molecule has 3 rings (SSSR count). The van der Waals surface area contributed by atoms with E-state index in [9.17, 15) is 4.79 Å². The van der Waals surface area contributed by atoms with Gasteiger partial charge in [0.25, 0.3) is 5.91 Å². The van der Waals surface area contributed by atoms with Crippen LogP contribution in [0.1, 0.15) is 40.5 Å². The quantitative estimate of drug-likeness (QED) is 0.917. The van der Waals surface area contributed by atoms with Crippen LogP contribution in [0.15, 0.2) is 42.7 Å². The minimum atomic E-state index is -0.103. The second kappa shape index (κ2) is 8.02. The van der Waals surface area contributed by atoms with E-state index in [1.807, 2.05) is 0 Å². The molecule has 0 bridgehead atoms. The molecule has 2 aromatic rings. The summed E-state index contributed by atoms with van der Waals surface area (Å²) in [6.45, 7) is 5.52. The molecule has 1 aromatic heterocycles. The predicted molar refractivity (Wildman–Crippen MR) is 94.0 cm³/mol. The maximum atomic E-state index is 12.0. The van der Waals surface area contributed by atoms with Crippen LogP contribution in [0.25, 0.3) is 0 Å². The molecule has 1 amide bonds. The highest BCUT2D eigenvalue weighted by atomic mass is 16.1. The molecule has 2 heterocycles. The summed E-state index contributed by atoms with van der Waals surface area (Å²) < 4.78 is 0. The van der Waals surface area contributed by atoms with Crippen molar-refractivity contribution in [3.63, 3.8) is 0 Å². The van der Waals surface area contributed by atoms with Crippen molar-refractivity contribution >= 4 is 5.91 Å². The maximum Gasteiger partial charge on any atom is 0.254 e. The summed E-state index contributed by atoms with van der Waals surface area (Å²) in [6, 6.07) is 10.8. The second-order valence-corrected chi connectivity index (χ2v) is 6.30. The molecule has 1 saturated heterocycles. The van der Waals surface area contributed by atoms with Crippen LogP contribution in [0.5, 0.6) is 0 Å². The zero-order valence-electron chi connectivity index (χ0n) is 14.1. The third-order valence-electron chi connectivity index (χ3n) is 4.62. The van der Waals surface area contributed by atoms with Crippen LogP contribution < -0.4 is 5.32 Å². The lowest BCUT2D eigenvalue weighted by Crippen LogP contribution is -2.39. The minimum absolute atomic E-state index is 0.103. The van der Waals surface area contributed by atoms with Crippen molar-refractivity contribution in [1.82, 2.24) is 20.2 Å². The number of aromatic nitrogens is 2. The molecule has 1 N–H and O–H groups in total. The number of nitrogens with one attached hydrogen (secondary N) is 1. The summed E-state index contributed by atoms with van der Waals surface area (Å²) in [5, 5.41) is 2.95. The molecule has 0 spiro atoms. The summed E-state index contributed by atoms with van der Waals surface area (Å²) in [4.78, 5) is 22.6. The van der Waals surface area contributed by atoms with E-state index in [2.05, 4.69) is 50.5 Å². The van der Waals surface area contributed by atoms with Crippen LogP contribution in [0.3, 0.4) is 0 Å². The number of carbonyl (C=O) groups is 1. The summed E-state index contributed by atoms with van der Waals surface area (Å²) in [5.74, 6) is 1.24. The van der Waals surface area contributed by atoms with Crippen LogP contribution in [0.4, 0.5) is 0 Å². The van der Waals surface area contributed by atoms with E-state index in [1.165, 1.54) is 18.4 Å². The van der Waals surface area contributed by atoms with Gasteiger partial charge in [0, 0.05) is 25.5 Å². The number of hydrogen-bond donors (Lipinski definition) is 1.